The van der Waals surface area contributed by atoms with Gasteiger partial charge in [-0.15, -0.1) is 0 Å². The molecule has 12 heteroatoms. The molecule has 0 spiro atoms. The summed E-state index contributed by atoms with van der Waals surface area (Å²) in [5, 5.41) is 17.3. The average molecular weight is 499 g/mol. The molecule has 0 aliphatic rings. The number of rotatable bonds is 15. The summed E-state index contributed by atoms with van der Waals surface area (Å²) >= 11 is 1.48. The summed E-state index contributed by atoms with van der Waals surface area (Å²) in [5.74, 6) is -2.71. The maximum Gasteiger partial charge on any atom is 0.326 e. The molecule has 0 radical (unpaired) electrons. The van der Waals surface area contributed by atoms with Gasteiger partial charge in [-0.25, -0.2) is 9.78 Å². The van der Waals surface area contributed by atoms with Gasteiger partial charge in [-0.3, -0.25) is 14.4 Å². The average Bonchev–Trinajstić information content (AvgIpc) is 3.29. The number of hydrogen-bond donors (Lipinski definition) is 6. The van der Waals surface area contributed by atoms with Crippen LogP contribution in [0.2, 0.25) is 0 Å². The smallest absolute Gasteiger partial charge is 0.326 e. The number of carboxylic acids is 1. The van der Waals surface area contributed by atoms with Gasteiger partial charge >= 0.3 is 5.97 Å². The summed E-state index contributed by atoms with van der Waals surface area (Å²) in [4.78, 5) is 57.0. The molecule has 0 bridgehead atoms. The Bertz CT molecular complexity index is 804. The molecule has 5 atom stereocenters. The van der Waals surface area contributed by atoms with Crippen molar-refractivity contribution in [1.29, 1.82) is 0 Å². The van der Waals surface area contributed by atoms with Crippen LogP contribution in [0.25, 0.3) is 0 Å². The predicted molar refractivity (Wildman–Crippen MR) is 131 cm³/mol. The minimum atomic E-state index is -1.13. The molecular formula is C22H38N6O5S. The van der Waals surface area contributed by atoms with Gasteiger partial charge in [0.25, 0.3) is 0 Å². The molecule has 0 saturated heterocycles. The molecule has 1 heterocycles. The summed E-state index contributed by atoms with van der Waals surface area (Å²) in [6, 6.07) is -3.82. The van der Waals surface area contributed by atoms with E-state index in [0.717, 1.165) is 0 Å². The van der Waals surface area contributed by atoms with Gasteiger partial charge in [0.15, 0.2) is 0 Å². The van der Waals surface area contributed by atoms with E-state index >= 15 is 0 Å². The van der Waals surface area contributed by atoms with Crippen LogP contribution in [0.1, 0.15) is 46.2 Å². The second-order valence-corrected chi connectivity index (χ2v) is 9.66. The highest BCUT2D eigenvalue weighted by atomic mass is 32.2. The number of H-pyrrole nitrogens is 1. The number of aromatic amines is 1. The third-order valence-corrected chi connectivity index (χ3v) is 6.24. The van der Waals surface area contributed by atoms with E-state index in [4.69, 9.17) is 5.73 Å². The monoisotopic (exact) mass is 498 g/mol. The van der Waals surface area contributed by atoms with Crippen LogP contribution < -0.4 is 21.7 Å². The van der Waals surface area contributed by atoms with Crippen molar-refractivity contribution in [3.63, 3.8) is 0 Å². The Morgan fingerprint density at radius 3 is 2.21 bits per heavy atom. The summed E-state index contributed by atoms with van der Waals surface area (Å²) < 4.78 is 0. The van der Waals surface area contributed by atoms with E-state index in [0.29, 0.717) is 17.9 Å². The molecule has 0 fully saturated rings. The molecule has 0 aliphatic carbocycles. The molecule has 192 valence electrons. The van der Waals surface area contributed by atoms with Crippen molar-refractivity contribution >= 4 is 35.5 Å². The van der Waals surface area contributed by atoms with Crippen LogP contribution in [0.4, 0.5) is 0 Å². The second kappa shape index (κ2) is 14.6. The number of amides is 3. The Kier molecular flexibility index (Phi) is 12.7. The molecular weight excluding hydrogens is 460 g/mol. The van der Waals surface area contributed by atoms with Gasteiger partial charge in [-0.05, 0) is 30.3 Å². The van der Waals surface area contributed by atoms with Gasteiger partial charge < -0.3 is 31.8 Å². The first-order valence-electron chi connectivity index (χ1n) is 11.4. The van der Waals surface area contributed by atoms with Crippen molar-refractivity contribution in [2.75, 3.05) is 12.0 Å². The summed E-state index contributed by atoms with van der Waals surface area (Å²) in [6.07, 6.45) is 6.00. The molecule has 7 N–H and O–H groups in total. The van der Waals surface area contributed by atoms with Crippen molar-refractivity contribution in [3.05, 3.63) is 18.2 Å². The normalized spacial score (nSPS) is 15.6. The van der Waals surface area contributed by atoms with Gasteiger partial charge in [-0.2, -0.15) is 11.8 Å². The molecule has 34 heavy (non-hydrogen) atoms. The molecule has 0 aromatic carbocycles. The van der Waals surface area contributed by atoms with Gasteiger partial charge in [0.05, 0.1) is 12.4 Å². The Morgan fingerprint density at radius 1 is 1.09 bits per heavy atom. The van der Waals surface area contributed by atoms with Crippen LogP contribution in [0.5, 0.6) is 0 Å². The van der Waals surface area contributed by atoms with Crippen LogP contribution in [-0.2, 0) is 25.6 Å². The Balaban J connectivity index is 2.91. The molecule has 11 nitrogen and oxygen atoms in total. The number of carbonyl (C=O) groups is 4. The lowest BCUT2D eigenvalue weighted by Gasteiger charge is -2.29. The Hall–Kier alpha value is -2.60. The molecule has 3 amide bonds. The van der Waals surface area contributed by atoms with Crippen molar-refractivity contribution in [3.8, 4) is 0 Å². The van der Waals surface area contributed by atoms with E-state index in [1.165, 1.54) is 18.1 Å². The summed E-state index contributed by atoms with van der Waals surface area (Å²) in [6.45, 7) is 7.20. The highest BCUT2D eigenvalue weighted by molar-refractivity contribution is 7.98. The number of aromatic nitrogens is 2. The molecule has 0 aliphatic heterocycles. The fourth-order valence-electron chi connectivity index (χ4n) is 3.22. The van der Waals surface area contributed by atoms with Crippen molar-refractivity contribution in [1.82, 2.24) is 25.9 Å². The van der Waals surface area contributed by atoms with Crippen LogP contribution in [0, 0.1) is 11.8 Å². The van der Waals surface area contributed by atoms with E-state index in [-0.39, 0.29) is 24.7 Å². The van der Waals surface area contributed by atoms with Gasteiger partial charge in [0.2, 0.25) is 17.7 Å². The van der Waals surface area contributed by atoms with Crippen molar-refractivity contribution in [2.45, 2.75) is 71.1 Å². The van der Waals surface area contributed by atoms with Gasteiger partial charge in [0, 0.05) is 18.3 Å². The number of aliphatic carboxylic acids is 1. The molecule has 1 aromatic heterocycles. The fraction of sp³-hybridized carbons (Fsp3) is 0.682. The largest absolute Gasteiger partial charge is 0.480 e. The third-order valence-electron chi connectivity index (χ3n) is 5.60. The first-order valence-corrected chi connectivity index (χ1v) is 12.8. The zero-order valence-corrected chi connectivity index (χ0v) is 21.3. The number of nitrogens with zero attached hydrogens (tertiary/aromatic N) is 1. The first-order chi connectivity index (χ1) is 16.0. The summed E-state index contributed by atoms with van der Waals surface area (Å²) in [7, 11) is 0. The molecule has 1 rings (SSSR count). The lowest BCUT2D eigenvalue weighted by Crippen LogP contribution is -2.60. The van der Waals surface area contributed by atoms with E-state index < -0.39 is 47.9 Å². The molecule has 5 unspecified atom stereocenters. The number of carbonyl (C=O) groups excluding carboxylic acids is 3. The highest BCUT2D eigenvalue weighted by Gasteiger charge is 2.33. The van der Waals surface area contributed by atoms with Crippen LogP contribution in [0.3, 0.4) is 0 Å². The van der Waals surface area contributed by atoms with Crippen LogP contribution in [0.15, 0.2) is 12.5 Å². The maximum absolute atomic E-state index is 13.1. The predicted octanol–water partition coefficient (Wildman–Crippen LogP) is 0.274. The second-order valence-electron chi connectivity index (χ2n) is 8.67. The number of nitrogens with two attached hydrogens (primary N) is 1. The maximum atomic E-state index is 13.1. The van der Waals surface area contributed by atoms with Crippen LogP contribution in [-0.4, -0.2) is 74.9 Å². The fourth-order valence-corrected chi connectivity index (χ4v) is 3.69. The lowest BCUT2D eigenvalue weighted by atomic mass is 9.96. The number of hydrogen-bond acceptors (Lipinski definition) is 7. The number of imidazole rings is 1. The Morgan fingerprint density at radius 2 is 1.71 bits per heavy atom. The zero-order valence-electron chi connectivity index (χ0n) is 20.5. The first kappa shape index (κ1) is 29.4. The van der Waals surface area contributed by atoms with E-state index in [1.807, 2.05) is 20.1 Å². The van der Waals surface area contributed by atoms with Crippen molar-refractivity contribution in [2.24, 2.45) is 17.6 Å². The summed E-state index contributed by atoms with van der Waals surface area (Å²) in [5.41, 5.74) is 6.70. The lowest BCUT2D eigenvalue weighted by molar-refractivity contribution is -0.142. The Labute approximate surface area is 204 Å². The standard InChI is InChI=1S/C22H38N6O5S/c1-6-13(4)18(28-19(29)15(23)9-14-10-24-11-25-14)21(31)27-17(12(2)3)20(30)26-16(22(32)33)7-8-34-5/h10-13,15-18H,6-9,23H2,1-5H3,(H,24,25)(H,26,30)(H,27,31)(H,28,29)(H,32,33). The quantitative estimate of drug-likeness (QED) is 0.199. The molecule has 1 aromatic rings. The SMILES string of the molecule is CCC(C)C(NC(=O)C(N)Cc1cnc[nH]1)C(=O)NC(C(=O)NC(CCSC)C(=O)O)C(C)C. The minimum Gasteiger partial charge on any atom is -0.480 e. The topological polar surface area (TPSA) is 179 Å². The minimum absolute atomic E-state index is 0.227. The van der Waals surface area contributed by atoms with Gasteiger partial charge in [0.1, 0.15) is 18.1 Å². The number of nitrogens with one attached hydrogen (secondary N) is 4. The third kappa shape index (κ3) is 9.34. The van der Waals surface area contributed by atoms with E-state index in [9.17, 15) is 24.3 Å². The van der Waals surface area contributed by atoms with E-state index in [1.54, 1.807) is 20.0 Å². The number of carboxylic acid groups (broad SMARTS) is 1. The number of thioether (sulfide) groups is 1. The van der Waals surface area contributed by atoms with Crippen molar-refractivity contribution < 1.29 is 24.3 Å². The van der Waals surface area contributed by atoms with E-state index in [2.05, 4.69) is 25.9 Å². The highest BCUT2D eigenvalue weighted by Crippen LogP contribution is 2.12. The van der Waals surface area contributed by atoms with Crippen LogP contribution >= 0.6 is 11.8 Å². The van der Waals surface area contributed by atoms with Gasteiger partial charge in [-0.1, -0.05) is 34.1 Å². The molecule has 0 saturated carbocycles. The zero-order chi connectivity index (χ0) is 25.8.